The Morgan fingerprint density at radius 3 is 1.59 bits per heavy atom. The lowest BCUT2D eigenvalue weighted by Gasteiger charge is -2.21. The summed E-state index contributed by atoms with van der Waals surface area (Å²) in [4.78, 5) is 13.4. The van der Waals surface area contributed by atoms with Gasteiger partial charge in [-0.2, -0.15) is 0 Å². The highest BCUT2D eigenvalue weighted by Crippen LogP contribution is 2.20. The van der Waals surface area contributed by atoms with Gasteiger partial charge >= 0.3 is 5.97 Å². The molecular weight excluding hydrogens is 418 g/mol. The zero-order chi connectivity index (χ0) is 25.1. The van der Waals surface area contributed by atoms with Gasteiger partial charge in [-0.15, -0.1) is 0 Å². The van der Waals surface area contributed by atoms with Gasteiger partial charge in [-0.3, -0.25) is 4.79 Å². The molecule has 0 amide bonds. The standard InChI is InChI=1S/C31H61NO2/c1-5-6-7-23-26-30(29-32(2)3)27-24-21-19-17-15-13-11-9-8-10-12-14-16-18-20-22-25-28-31(33)34-4/h10,12,30H,5-9,11,13-29H2,1-4H3. The van der Waals surface area contributed by atoms with E-state index in [9.17, 15) is 4.79 Å². The van der Waals surface area contributed by atoms with E-state index in [4.69, 9.17) is 0 Å². The van der Waals surface area contributed by atoms with Crippen molar-refractivity contribution in [3.05, 3.63) is 12.2 Å². The average molecular weight is 480 g/mol. The van der Waals surface area contributed by atoms with E-state index in [0.29, 0.717) is 6.42 Å². The second-order valence-electron chi connectivity index (χ2n) is 10.7. The Labute approximate surface area is 214 Å². The van der Waals surface area contributed by atoms with Gasteiger partial charge in [-0.1, -0.05) is 109 Å². The molecule has 0 bridgehead atoms. The normalized spacial score (nSPS) is 12.6. The third kappa shape index (κ3) is 25.8. The van der Waals surface area contributed by atoms with Gasteiger partial charge in [0.25, 0.3) is 0 Å². The molecule has 0 saturated carbocycles. The molecule has 202 valence electrons. The van der Waals surface area contributed by atoms with Crippen molar-refractivity contribution in [2.24, 2.45) is 5.92 Å². The van der Waals surface area contributed by atoms with E-state index in [0.717, 1.165) is 18.8 Å². The van der Waals surface area contributed by atoms with E-state index < -0.39 is 0 Å². The minimum atomic E-state index is -0.0735. The summed E-state index contributed by atoms with van der Waals surface area (Å²) in [5.74, 6) is 0.841. The molecule has 0 radical (unpaired) electrons. The number of carbonyl (C=O) groups excluding carboxylic acids is 1. The second kappa shape index (κ2) is 26.8. The molecule has 0 heterocycles. The van der Waals surface area contributed by atoms with Crippen LogP contribution in [0.25, 0.3) is 0 Å². The van der Waals surface area contributed by atoms with Gasteiger partial charge in [0.15, 0.2) is 0 Å². The van der Waals surface area contributed by atoms with E-state index in [1.54, 1.807) is 0 Å². The number of esters is 1. The fourth-order valence-corrected chi connectivity index (χ4v) is 4.86. The van der Waals surface area contributed by atoms with E-state index >= 15 is 0 Å². The van der Waals surface area contributed by atoms with Crippen molar-refractivity contribution in [3.8, 4) is 0 Å². The summed E-state index contributed by atoms with van der Waals surface area (Å²) in [6, 6.07) is 0. The van der Waals surface area contributed by atoms with Gasteiger partial charge in [0.2, 0.25) is 0 Å². The Morgan fingerprint density at radius 2 is 1.12 bits per heavy atom. The predicted octanol–water partition coefficient (Wildman–Crippen LogP) is 9.50. The van der Waals surface area contributed by atoms with Crippen LogP contribution in [0.1, 0.15) is 148 Å². The molecule has 0 aromatic rings. The molecule has 34 heavy (non-hydrogen) atoms. The fraction of sp³-hybridized carbons (Fsp3) is 0.903. The predicted molar refractivity (Wildman–Crippen MR) is 150 cm³/mol. The van der Waals surface area contributed by atoms with Crippen LogP contribution in [0.15, 0.2) is 12.2 Å². The van der Waals surface area contributed by atoms with Crippen LogP contribution in [0.3, 0.4) is 0 Å². The first-order valence-corrected chi connectivity index (χ1v) is 15.0. The Hall–Kier alpha value is -0.830. The molecule has 0 fully saturated rings. The lowest BCUT2D eigenvalue weighted by Crippen LogP contribution is -2.21. The molecule has 1 unspecified atom stereocenters. The van der Waals surface area contributed by atoms with Gasteiger partial charge in [0, 0.05) is 13.0 Å². The smallest absolute Gasteiger partial charge is 0.305 e. The number of unbranched alkanes of at least 4 members (excludes halogenated alkanes) is 16. The molecule has 0 spiro atoms. The number of allylic oxidation sites excluding steroid dienone is 2. The first kappa shape index (κ1) is 33.2. The average Bonchev–Trinajstić information content (AvgIpc) is 2.82. The maximum absolute atomic E-state index is 11.0. The monoisotopic (exact) mass is 479 g/mol. The molecule has 3 nitrogen and oxygen atoms in total. The first-order chi connectivity index (χ1) is 16.6. The van der Waals surface area contributed by atoms with Gasteiger partial charge in [0.1, 0.15) is 0 Å². The Balaban J connectivity index is 3.40. The Kier molecular flexibility index (Phi) is 26.1. The van der Waals surface area contributed by atoms with Crippen molar-refractivity contribution >= 4 is 5.97 Å². The number of hydrogen-bond acceptors (Lipinski definition) is 3. The summed E-state index contributed by atoms with van der Waals surface area (Å²) in [5.41, 5.74) is 0. The van der Waals surface area contributed by atoms with Crippen molar-refractivity contribution < 1.29 is 9.53 Å². The summed E-state index contributed by atoms with van der Waals surface area (Å²) in [5, 5.41) is 0. The molecule has 0 aliphatic carbocycles. The molecule has 1 atom stereocenters. The lowest BCUT2D eigenvalue weighted by molar-refractivity contribution is -0.140. The third-order valence-corrected chi connectivity index (χ3v) is 6.97. The number of rotatable bonds is 26. The van der Waals surface area contributed by atoms with Crippen LogP contribution in [-0.4, -0.2) is 38.6 Å². The number of hydrogen-bond donors (Lipinski definition) is 0. The quantitative estimate of drug-likeness (QED) is 0.0702. The third-order valence-electron chi connectivity index (χ3n) is 6.97. The van der Waals surface area contributed by atoms with Crippen LogP contribution in [0.5, 0.6) is 0 Å². The summed E-state index contributed by atoms with van der Waals surface area (Å²) in [6.45, 7) is 3.58. The van der Waals surface area contributed by atoms with Crippen LogP contribution in [-0.2, 0) is 9.53 Å². The van der Waals surface area contributed by atoms with Crippen LogP contribution in [0, 0.1) is 5.92 Å². The molecule has 0 aromatic heterocycles. The van der Waals surface area contributed by atoms with Gasteiger partial charge in [-0.25, -0.2) is 0 Å². The molecule has 3 heteroatoms. The summed E-state index contributed by atoms with van der Waals surface area (Å²) < 4.78 is 4.67. The molecule has 0 aromatic carbocycles. The van der Waals surface area contributed by atoms with Gasteiger partial charge < -0.3 is 9.64 Å². The molecule has 0 N–H and O–H groups in total. The maximum atomic E-state index is 11.0. The Bertz CT molecular complexity index is 447. The summed E-state index contributed by atoms with van der Waals surface area (Å²) in [6.07, 6.45) is 33.6. The van der Waals surface area contributed by atoms with Crippen molar-refractivity contribution in [3.63, 3.8) is 0 Å². The SMILES string of the molecule is CCCCCCC(CCCCCCCCCCC=CCCCCCCCC(=O)OC)CN(C)C. The largest absolute Gasteiger partial charge is 0.469 e. The summed E-state index contributed by atoms with van der Waals surface area (Å²) in [7, 11) is 5.93. The maximum Gasteiger partial charge on any atom is 0.305 e. The minimum absolute atomic E-state index is 0.0735. The Morgan fingerprint density at radius 1 is 0.676 bits per heavy atom. The molecule has 0 aliphatic rings. The van der Waals surface area contributed by atoms with E-state index in [1.807, 2.05) is 0 Å². The number of carbonyl (C=O) groups is 1. The zero-order valence-electron chi connectivity index (χ0n) is 23.8. The number of ether oxygens (including phenoxy) is 1. The highest BCUT2D eigenvalue weighted by atomic mass is 16.5. The molecule has 0 saturated heterocycles. The van der Waals surface area contributed by atoms with Crippen LogP contribution in [0.4, 0.5) is 0 Å². The molecule has 0 rings (SSSR count). The van der Waals surface area contributed by atoms with Crippen LogP contribution >= 0.6 is 0 Å². The highest BCUT2D eigenvalue weighted by molar-refractivity contribution is 5.68. The van der Waals surface area contributed by atoms with Crippen LogP contribution < -0.4 is 0 Å². The minimum Gasteiger partial charge on any atom is -0.469 e. The zero-order valence-corrected chi connectivity index (χ0v) is 23.8. The van der Waals surface area contributed by atoms with Crippen molar-refractivity contribution in [2.75, 3.05) is 27.7 Å². The summed E-state index contributed by atoms with van der Waals surface area (Å²) >= 11 is 0. The molecular formula is C31H61NO2. The van der Waals surface area contributed by atoms with E-state index in [2.05, 4.69) is 42.8 Å². The lowest BCUT2D eigenvalue weighted by atomic mass is 9.94. The van der Waals surface area contributed by atoms with Crippen molar-refractivity contribution in [1.29, 1.82) is 0 Å². The second-order valence-corrected chi connectivity index (χ2v) is 10.7. The molecule has 0 aliphatic heterocycles. The van der Waals surface area contributed by atoms with Crippen molar-refractivity contribution in [1.82, 2.24) is 4.90 Å². The number of nitrogens with zero attached hydrogens (tertiary/aromatic N) is 1. The van der Waals surface area contributed by atoms with Crippen LogP contribution in [0.2, 0.25) is 0 Å². The van der Waals surface area contributed by atoms with Gasteiger partial charge in [-0.05, 0) is 65.0 Å². The van der Waals surface area contributed by atoms with E-state index in [1.165, 1.54) is 136 Å². The van der Waals surface area contributed by atoms with E-state index in [-0.39, 0.29) is 5.97 Å². The highest BCUT2D eigenvalue weighted by Gasteiger charge is 2.09. The fourth-order valence-electron chi connectivity index (χ4n) is 4.86. The van der Waals surface area contributed by atoms with Crippen molar-refractivity contribution in [2.45, 2.75) is 148 Å². The topological polar surface area (TPSA) is 29.5 Å². The first-order valence-electron chi connectivity index (χ1n) is 15.0. The number of methoxy groups -OCH3 is 1. The van der Waals surface area contributed by atoms with Gasteiger partial charge in [0.05, 0.1) is 7.11 Å².